The van der Waals surface area contributed by atoms with Crippen molar-refractivity contribution >= 4 is 58.5 Å². The van der Waals surface area contributed by atoms with Gasteiger partial charge in [0.15, 0.2) is 11.3 Å². The molecule has 4 aromatic heterocycles. The van der Waals surface area contributed by atoms with Crippen LogP contribution in [0.3, 0.4) is 0 Å². The van der Waals surface area contributed by atoms with Crippen molar-refractivity contribution in [2.75, 3.05) is 60.5 Å². The number of hydrogen-bond donors (Lipinski definition) is 5. The number of carbonyl (C=O) groups excluding carboxylic acids is 4. The number of piperidine rings is 1. The lowest BCUT2D eigenvalue weighted by atomic mass is 9.94. The lowest BCUT2D eigenvalue weighted by Crippen LogP contribution is -2.45. The summed E-state index contributed by atoms with van der Waals surface area (Å²) in [5.41, 5.74) is 7.19. The first kappa shape index (κ1) is 57.0. The number of ketones is 2. The second-order valence-electron chi connectivity index (χ2n) is 22.1. The minimum absolute atomic E-state index is 0.124. The van der Waals surface area contributed by atoms with Crippen LogP contribution in [0, 0.1) is 11.8 Å². The van der Waals surface area contributed by atoms with Gasteiger partial charge in [-0.1, -0.05) is 102 Å². The number of Topliss-reactive ketones (excluding diaryl/α,β-unsaturated/α-hetero) is 2. The molecule has 10 rings (SSSR count). The van der Waals surface area contributed by atoms with Gasteiger partial charge in [-0.25, -0.2) is 8.78 Å². The predicted octanol–water partition coefficient (Wildman–Crippen LogP) is 7.82. The van der Waals surface area contributed by atoms with E-state index in [0.717, 1.165) is 59.2 Å². The fourth-order valence-electron chi connectivity index (χ4n) is 11.0. The Balaban J connectivity index is 0.000000194. The Morgan fingerprint density at radius 1 is 0.637 bits per heavy atom. The molecule has 4 aliphatic rings. The molecule has 6 atom stereocenters. The maximum absolute atomic E-state index is 14.6. The van der Waals surface area contributed by atoms with Crippen molar-refractivity contribution in [1.29, 1.82) is 0 Å². The van der Waals surface area contributed by atoms with E-state index in [2.05, 4.69) is 87.6 Å². The van der Waals surface area contributed by atoms with Crippen molar-refractivity contribution in [3.05, 3.63) is 120 Å². The van der Waals surface area contributed by atoms with Crippen LogP contribution >= 0.6 is 0 Å². The minimum atomic E-state index is -1.03. The summed E-state index contributed by atoms with van der Waals surface area (Å²) in [4.78, 5) is 71.7. The van der Waals surface area contributed by atoms with E-state index in [0.29, 0.717) is 119 Å². The summed E-state index contributed by atoms with van der Waals surface area (Å²) >= 11 is 0. The van der Waals surface area contributed by atoms with Crippen LogP contribution in [-0.2, 0) is 45.1 Å². The van der Waals surface area contributed by atoms with E-state index >= 15 is 0 Å². The quantitative estimate of drug-likeness (QED) is 0.0460. The number of anilines is 4. The zero-order chi connectivity index (χ0) is 56.5. The van der Waals surface area contributed by atoms with Gasteiger partial charge in [-0.2, -0.15) is 39.2 Å². The Hall–Kier alpha value is -7.68. The Kier molecular flexibility index (Phi) is 18.6. The first-order valence-electron chi connectivity index (χ1n) is 28.2. The molecule has 0 spiro atoms. The second-order valence-corrected chi connectivity index (χ2v) is 22.1. The van der Waals surface area contributed by atoms with Crippen LogP contribution in [0.25, 0.3) is 11.3 Å². The molecule has 1 saturated carbocycles. The molecular formula is C59H75F2N15O4. The molecule has 424 valence electrons. The molecule has 2 aromatic carbocycles. The van der Waals surface area contributed by atoms with E-state index in [1.54, 1.807) is 31.2 Å². The van der Waals surface area contributed by atoms with Gasteiger partial charge in [0.2, 0.25) is 35.6 Å². The van der Waals surface area contributed by atoms with Gasteiger partial charge in [0, 0.05) is 81.6 Å². The first-order valence-corrected chi connectivity index (χ1v) is 28.2. The van der Waals surface area contributed by atoms with Gasteiger partial charge < -0.3 is 36.4 Å². The lowest BCUT2D eigenvalue weighted by Gasteiger charge is -2.27. The number of carbonyl (C=O) groups is 4. The van der Waals surface area contributed by atoms with Gasteiger partial charge in [-0.05, 0) is 84.9 Å². The largest absolute Gasteiger partial charge is 0.350 e. The smallest absolute Gasteiger partial charge is 0.245 e. The molecule has 2 unspecified atom stereocenters. The maximum Gasteiger partial charge on any atom is 0.245 e. The number of hydrogen-bond acceptors (Lipinski definition) is 15. The molecule has 19 nitrogen and oxygen atoms in total. The number of rotatable bonds is 20. The van der Waals surface area contributed by atoms with Crippen molar-refractivity contribution in [2.24, 2.45) is 11.8 Å². The van der Waals surface area contributed by atoms with E-state index in [4.69, 9.17) is 9.97 Å². The average Bonchev–Trinajstić information content (AvgIpc) is 4.38. The lowest BCUT2D eigenvalue weighted by molar-refractivity contribution is -0.127. The number of amides is 2. The molecule has 21 heteroatoms. The third-order valence-corrected chi connectivity index (χ3v) is 15.7. The van der Waals surface area contributed by atoms with Gasteiger partial charge in [0.1, 0.15) is 23.9 Å². The van der Waals surface area contributed by atoms with Crippen molar-refractivity contribution < 1.29 is 28.0 Å². The van der Waals surface area contributed by atoms with E-state index in [1.165, 1.54) is 12.2 Å². The van der Waals surface area contributed by atoms with Crippen LogP contribution in [0.1, 0.15) is 118 Å². The van der Waals surface area contributed by atoms with Gasteiger partial charge in [-0.3, -0.25) is 19.2 Å². The molecule has 2 amide bonds. The number of likely N-dealkylation sites (tertiary alicyclic amines) is 2. The Labute approximate surface area is 465 Å². The second kappa shape index (κ2) is 26.1. The van der Waals surface area contributed by atoms with Gasteiger partial charge in [-0.15, -0.1) is 0 Å². The van der Waals surface area contributed by atoms with Crippen LogP contribution in [0.5, 0.6) is 0 Å². The number of halogens is 2. The molecule has 7 heterocycles. The van der Waals surface area contributed by atoms with E-state index < -0.39 is 12.3 Å². The third-order valence-electron chi connectivity index (χ3n) is 15.7. The summed E-state index contributed by atoms with van der Waals surface area (Å²) < 4.78 is 32.4. The van der Waals surface area contributed by atoms with E-state index in [9.17, 15) is 28.0 Å². The average molecular weight is 1100 g/mol. The van der Waals surface area contributed by atoms with Crippen molar-refractivity contribution in [1.82, 2.24) is 54.3 Å². The van der Waals surface area contributed by atoms with Gasteiger partial charge in [0.05, 0.1) is 24.5 Å². The highest BCUT2D eigenvalue weighted by Crippen LogP contribution is 2.29. The van der Waals surface area contributed by atoms with Crippen LogP contribution < -0.4 is 26.6 Å². The van der Waals surface area contributed by atoms with Crippen molar-refractivity contribution in [2.45, 2.75) is 135 Å². The maximum atomic E-state index is 14.6. The highest BCUT2D eigenvalue weighted by atomic mass is 19.1. The number of aromatic nitrogens is 8. The zero-order valence-electron chi connectivity index (χ0n) is 46.3. The summed E-state index contributed by atoms with van der Waals surface area (Å²) in [6, 6.07) is 15.1. The fourth-order valence-corrected chi connectivity index (χ4v) is 11.0. The molecule has 3 aliphatic heterocycles. The molecule has 80 heavy (non-hydrogen) atoms. The van der Waals surface area contributed by atoms with Crippen LogP contribution in [0.4, 0.5) is 32.6 Å². The Morgan fingerprint density at radius 2 is 1.10 bits per heavy atom. The standard InChI is InChI=1S/C30H38FN7O2.C29H37FN8O2/c1-4-27(40)37-13-12-22(18-37)26(39)15-20-8-7-9-21(14-20)16-32-30-36-29(34-25-11-6-5-10-24(25)31)35-28-23(19(2)3)17-33-38(28)30;1-4-26(40)37-11-9-21(17-37)25(39)13-19-6-5-7-20(12-19)14-32-29-36-28(34-24-8-10-31-16-23(24)30)35-27-22(18(2)3)15-33-38(27)29/h4,7-9,14,17,19,22,24-25H,1,5-6,10-13,15-16,18H2,2-3H3,(H2,32,34,35,36);4-7,12,15,18,21,23-24,31H,1,8-11,13-14,16-17H2,2-3H3,(H2,32,34,35,36)/t22?,24-,25-;21?,23-,24-/m11/s1. The summed E-state index contributed by atoms with van der Waals surface area (Å²) in [6.07, 6.45) is 10.1. The molecule has 1 aliphatic carbocycles. The SMILES string of the molecule is C=CC(=O)N1CCC(C(=O)Cc2cccc(CNc3nc(N[C@@H]4CCCC[C@H]4F)nc4c(C(C)C)cnn34)c2)C1.C=CC(=O)N1CCC(C(=O)Cc2cccc(CNc3nc(N[C@@H]4CCNC[C@H]4F)nc4c(C(C)C)cnn34)c2)C1. The van der Waals surface area contributed by atoms with E-state index in [-0.39, 0.29) is 59.1 Å². The summed E-state index contributed by atoms with van der Waals surface area (Å²) in [7, 11) is 0. The number of benzene rings is 2. The number of alkyl halides is 2. The number of fused-ring (bicyclic) bond motifs is 2. The molecule has 0 radical (unpaired) electrons. The predicted molar refractivity (Wildman–Crippen MR) is 305 cm³/mol. The van der Waals surface area contributed by atoms with Crippen LogP contribution in [0.2, 0.25) is 0 Å². The number of nitrogens with zero attached hydrogens (tertiary/aromatic N) is 10. The minimum Gasteiger partial charge on any atom is -0.350 e. The Morgan fingerprint density at radius 3 is 1.55 bits per heavy atom. The fraction of sp³-hybridized carbons (Fsp3) is 0.492. The number of nitrogens with one attached hydrogen (secondary N) is 5. The monoisotopic (exact) mass is 1100 g/mol. The molecule has 5 N–H and O–H groups in total. The Bertz CT molecular complexity index is 2990. The zero-order valence-corrected chi connectivity index (χ0v) is 46.3. The molecule has 6 aromatic rings. The molecular weight excluding hydrogens is 1020 g/mol. The van der Waals surface area contributed by atoms with E-state index in [1.807, 2.05) is 48.5 Å². The highest BCUT2D eigenvalue weighted by molar-refractivity contribution is 5.90. The summed E-state index contributed by atoms with van der Waals surface area (Å²) in [6.45, 7) is 19.5. The third kappa shape index (κ3) is 13.8. The molecule has 4 fully saturated rings. The van der Waals surface area contributed by atoms with Gasteiger partial charge >= 0.3 is 0 Å². The van der Waals surface area contributed by atoms with Crippen LogP contribution in [0.15, 0.2) is 86.2 Å². The van der Waals surface area contributed by atoms with Crippen molar-refractivity contribution in [3.63, 3.8) is 0 Å². The van der Waals surface area contributed by atoms with Crippen molar-refractivity contribution in [3.8, 4) is 0 Å². The summed E-state index contributed by atoms with van der Waals surface area (Å²) in [5.74, 6) is 1.94. The van der Waals surface area contributed by atoms with Crippen LogP contribution in [-0.4, -0.2) is 136 Å². The molecule has 3 saturated heterocycles. The van der Waals surface area contributed by atoms with Gasteiger partial charge in [0.25, 0.3) is 0 Å². The topological polar surface area (TPSA) is 221 Å². The summed E-state index contributed by atoms with van der Waals surface area (Å²) in [5, 5.41) is 25.3. The first-order chi connectivity index (χ1) is 38.6. The normalized spacial score (nSPS) is 21.1. The molecule has 0 bridgehead atoms. The highest BCUT2D eigenvalue weighted by Gasteiger charge is 2.32.